The molecule has 0 fully saturated rings. The molecule has 0 saturated heterocycles. The Balaban J connectivity index is 2.19. The molecule has 0 amide bonds. The molecule has 4 heteroatoms. The molecule has 0 aliphatic rings. The predicted octanol–water partition coefficient (Wildman–Crippen LogP) is 3.23. The number of H-pyrrole nitrogens is 1. The smallest absolute Gasteiger partial charge is 0.157 e. The summed E-state index contributed by atoms with van der Waals surface area (Å²) in [6.07, 6.45) is 1.80. The lowest BCUT2D eigenvalue weighted by atomic mass is 10.3. The van der Waals surface area contributed by atoms with E-state index in [1.807, 2.05) is 36.4 Å². The molecule has 0 radical (unpaired) electrons. The first-order valence-corrected chi connectivity index (χ1v) is 5.97. The lowest BCUT2D eigenvalue weighted by molar-refractivity contribution is 1.23. The average Bonchev–Trinajstić information content (AvgIpc) is 2.72. The standard InChI is InChI=1S/C12H8IN3/c13-8-5-6-14-11(7-8)12-15-9-3-1-2-4-10(9)16-12/h1-7H,(H,15,16). The van der Waals surface area contributed by atoms with Crippen LogP contribution in [0.2, 0.25) is 0 Å². The number of hydrogen-bond donors (Lipinski definition) is 1. The maximum absolute atomic E-state index is 4.50. The molecular weight excluding hydrogens is 313 g/mol. The number of aromatic amines is 1. The predicted molar refractivity (Wildman–Crippen MR) is 72.0 cm³/mol. The number of benzene rings is 1. The van der Waals surface area contributed by atoms with Gasteiger partial charge in [-0.05, 0) is 46.9 Å². The van der Waals surface area contributed by atoms with Crippen molar-refractivity contribution in [2.24, 2.45) is 0 Å². The highest BCUT2D eigenvalue weighted by Gasteiger charge is 2.05. The Morgan fingerprint density at radius 2 is 2.00 bits per heavy atom. The van der Waals surface area contributed by atoms with Crippen LogP contribution >= 0.6 is 22.6 Å². The van der Waals surface area contributed by atoms with Gasteiger partial charge in [-0.25, -0.2) is 4.98 Å². The van der Waals surface area contributed by atoms with Gasteiger partial charge in [0, 0.05) is 9.77 Å². The number of aromatic nitrogens is 3. The molecule has 3 aromatic rings. The van der Waals surface area contributed by atoms with E-state index in [2.05, 4.69) is 37.5 Å². The van der Waals surface area contributed by atoms with Crippen LogP contribution in [0, 0.1) is 3.57 Å². The van der Waals surface area contributed by atoms with Crippen molar-refractivity contribution in [3.63, 3.8) is 0 Å². The second kappa shape index (κ2) is 3.86. The van der Waals surface area contributed by atoms with E-state index in [1.165, 1.54) is 0 Å². The van der Waals surface area contributed by atoms with Gasteiger partial charge in [0.1, 0.15) is 5.69 Å². The molecule has 0 bridgehead atoms. The fraction of sp³-hybridized carbons (Fsp3) is 0. The third-order valence-corrected chi connectivity index (χ3v) is 3.02. The van der Waals surface area contributed by atoms with Gasteiger partial charge in [-0.1, -0.05) is 12.1 Å². The van der Waals surface area contributed by atoms with Crippen LogP contribution in [-0.4, -0.2) is 15.0 Å². The van der Waals surface area contributed by atoms with Crippen LogP contribution in [0.3, 0.4) is 0 Å². The van der Waals surface area contributed by atoms with E-state index in [-0.39, 0.29) is 0 Å². The van der Waals surface area contributed by atoms with Gasteiger partial charge < -0.3 is 4.98 Å². The van der Waals surface area contributed by atoms with Gasteiger partial charge in [-0.3, -0.25) is 4.98 Å². The van der Waals surface area contributed by atoms with Crippen molar-refractivity contribution in [3.05, 3.63) is 46.2 Å². The number of rotatable bonds is 1. The normalized spacial score (nSPS) is 10.8. The van der Waals surface area contributed by atoms with E-state index in [1.54, 1.807) is 6.20 Å². The van der Waals surface area contributed by atoms with Crippen LogP contribution in [0.1, 0.15) is 0 Å². The number of fused-ring (bicyclic) bond motifs is 1. The highest BCUT2D eigenvalue weighted by molar-refractivity contribution is 14.1. The molecule has 3 nitrogen and oxygen atoms in total. The molecule has 1 aromatic carbocycles. The molecule has 0 saturated carbocycles. The van der Waals surface area contributed by atoms with Gasteiger partial charge in [0.2, 0.25) is 0 Å². The van der Waals surface area contributed by atoms with E-state index < -0.39 is 0 Å². The summed E-state index contributed by atoms with van der Waals surface area (Å²) < 4.78 is 1.16. The fourth-order valence-electron chi connectivity index (χ4n) is 1.61. The number of nitrogens with one attached hydrogen (secondary N) is 1. The topological polar surface area (TPSA) is 41.6 Å². The summed E-state index contributed by atoms with van der Waals surface area (Å²) in [4.78, 5) is 12.1. The fourth-order valence-corrected chi connectivity index (χ4v) is 2.06. The lowest BCUT2D eigenvalue weighted by Crippen LogP contribution is -1.85. The molecule has 16 heavy (non-hydrogen) atoms. The monoisotopic (exact) mass is 321 g/mol. The first-order valence-electron chi connectivity index (χ1n) is 4.89. The summed E-state index contributed by atoms with van der Waals surface area (Å²) >= 11 is 2.27. The van der Waals surface area contributed by atoms with Gasteiger partial charge in [-0.15, -0.1) is 0 Å². The van der Waals surface area contributed by atoms with Gasteiger partial charge in [0.05, 0.1) is 11.0 Å². The number of halogens is 1. The zero-order valence-electron chi connectivity index (χ0n) is 8.31. The zero-order valence-corrected chi connectivity index (χ0v) is 10.5. The number of para-hydroxylation sites is 2. The highest BCUT2D eigenvalue weighted by atomic mass is 127. The van der Waals surface area contributed by atoms with Crippen molar-refractivity contribution in [3.8, 4) is 11.5 Å². The molecule has 2 heterocycles. The lowest BCUT2D eigenvalue weighted by Gasteiger charge is -1.95. The quantitative estimate of drug-likeness (QED) is 0.699. The van der Waals surface area contributed by atoms with Gasteiger partial charge in [0.25, 0.3) is 0 Å². The molecule has 3 rings (SSSR count). The minimum absolute atomic E-state index is 0.819. The van der Waals surface area contributed by atoms with Crippen molar-refractivity contribution in [1.82, 2.24) is 15.0 Å². The Morgan fingerprint density at radius 3 is 2.81 bits per heavy atom. The first kappa shape index (κ1) is 9.77. The molecule has 0 unspecified atom stereocenters. The molecule has 0 aliphatic carbocycles. The van der Waals surface area contributed by atoms with Crippen LogP contribution in [0.4, 0.5) is 0 Å². The minimum atomic E-state index is 0.819. The summed E-state index contributed by atoms with van der Waals surface area (Å²) in [6, 6.07) is 12.0. The largest absolute Gasteiger partial charge is 0.337 e. The van der Waals surface area contributed by atoms with Gasteiger partial charge in [0.15, 0.2) is 5.82 Å². The Kier molecular flexibility index (Phi) is 2.36. The maximum Gasteiger partial charge on any atom is 0.157 e. The molecule has 0 spiro atoms. The number of hydrogen-bond acceptors (Lipinski definition) is 2. The Labute approximate surface area is 106 Å². The van der Waals surface area contributed by atoms with E-state index in [0.29, 0.717) is 0 Å². The summed E-state index contributed by atoms with van der Waals surface area (Å²) in [6.45, 7) is 0. The number of nitrogens with zero attached hydrogens (tertiary/aromatic N) is 2. The second-order valence-electron chi connectivity index (χ2n) is 3.46. The number of imidazole rings is 1. The number of pyridine rings is 1. The molecular formula is C12H8IN3. The summed E-state index contributed by atoms with van der Waals surface area (Å²) in [5, 5.41) is 0. The summed E-state index contributed by atoms with van der Waals surface area (Å²) in [7, 11) is 0. The van der Waals surface area contributed by atoms with Crippen molar-refractivity contribution >= 4 is 33.6 Å². The Bertz CT molecular complexity index is 612. The summed E-state index contributed by atoms with van der Waals surface area (Å²) in [5.41, 5.74) is 2.89. The van der Waals surface area contributed by atoms with E-state index in [4.69, 9.17) is 0 Å². The zero-order chi connectivity index (χ0) is 11.0. The highest BCUT2D eigenvalue weighted by Crippen LogP contribution is 2.19. The first-order chi connectivity index (χ1) is 7.83. The van der Waals surface area contributed by atoms with Crippen LogP contribution < -0.4 is 0 Å². The minimum Gasteiger partial charge on any atom is -0.337 e. The second-order valence-corrected chi connectivity index (χ2v) is 4.71. The van der Waals surface area contributed by atoms with Gasteiger partial charge >= 0.3 is 0 Å². The van der Waals surface area contributed by atoms with Crippen molar-refractivity contribution < 1.29 is 0 Å². The van der Waals surface area contributed by atoms with E-state index in [0.717, 1.165) is 26.1 Å². The van der Waals surface area contributed by atoms with Crippen LogP contribution in [0.15, 0.2) is 42.6 Å². The van der Waals surface area contributed by atoms with Crippen molar-refractivity contribution in [2.75, 3.05) is 0 Å². The molecule has 0 aliphatic heterocycles. The maximum atomic E-state index is 4.50. The van der Waals surface area contributed by atoms with Crippen molar-refractivity contribution in [1.29, 1.82) is 0 Å². The van der Waals surface area contributed by atoms with E-state index in [9.17, 15) is 0 Å². The molecule has 2 aromatic heterocycles. The van der Waals surface area contributed by atoms with Crippen LogP contribution in [-0.2, 0) is 0 Å². The van der Waals surface area contributed by atoms with Crippen molar-refractivity contribution in [2.45, 2.75) is 0 Å². The molecule has 78 valence electrons. The van der Waals surface area contributed by atoms with Crippen LogP contribution in [0.5, 0.6) is 0 Å². The Morgan fingerprint density at radius 1 is 1.12 bits per heavy atom. The van der Waals surface area contributed by atoms with Gasteiger partial charge in [-0.2, -0.15) is 0 Å². The molecule has 0 atom stereocenters. The molecule has 1 N–H and O–H groups in total. The third-order valence-electron chi connectivity index (χ3n) is 2.35. The summed E-state index contributed by atoms with van der Waals surface area (Å²) in [5.74, 6) is 0.819. The SMILES string of the molecule is Ic1ccnc(-c2nc3ccccc3[nH]2)c1. The van der Waals surface area contributed by atoms with Crippen LogP contribution in [0.25, 0.3) is 22.6 Å². The Hall–Kier alpha value is -1.43. The average molecular weight is 321 g/mol. The third kappa shape index (κ3) is 1.69. The van der Waals surface area contributed by atoms with E-state index >= 15 is 0 Å².